The third-order valence-electron chi connectivity index (χ3n) is 5.47. The van der Waals surface area contributed by atoms with Crippen molar-refractivity contribution in [1.29, 1.82) is 0 Å². The van der Waals surface area contributed by atoms with Crippen LogP contribution in [0.4, 0.5) is 0 Å². The highest BCUT2D eigenvalue weighted by Gasteiger charge is 2.30. The van der Waals surface area contributed by atoms with Crippen molar-refractivity contribution in [1.82, 2.24) is 10.2 Å². The van der Waals surface area contributed by atoms with Gasteiger partial charge in [-0.05, 0) is 30.7 Å². The minimum absolute atomic E-state index is 0.597. The van der Waals surface area contributed by atoms with Gasteiger partial charge in [-0.15, -0.1) is 0 Å². The lowest BCUT2D eigenvalue weighted by molar-refractivity contribution is 0.105. The van der Waals surface area contributed by atoms with Gasteiger partial charge in [-0.25, -0.2) is 0 Å². The topological polar surface area (TPSA) is 15.3 Å². The van der Waals surface area contributed by atoms with Crippen LogP contribution in [-0.2, 0) is 0 Å². The molecule has 1 saturated heterocycles. The second-order valence-corrected chi connectivity index (χ2v) is 6.79. The maximum atomic E-state index is 3.81. The Morgan fingerprint density at radius 1 is 1.14 bits per heavy atom. The molecule has 2 unspecified atom stereocenters. The molecule has 0 amide bonds. The van der Waals surface area contributed by atoms with Crippen LogP contribution in [0.3, 0.4) is 0 Å². The van der Waals surface area contributed by atoms with Crippen molar-refractivity contribution in [3.05, 3.63) is 35.9 Å². The zero-order chi connectivity index (χ0) is 14.5. The lowest BCUT2D eigenvalue weighted by Crippen LogP contribution is -2.54. The van der Waals surface area contributed by atoms with Crippen LogP contribution in [-0.4, -0.2) is 30.6 Å². The summed E-state index contributed by atoms with van der Waals surface area (Å²) in [5.41, 5.74) is 1.49. The van der Waals surface area contributed by atoms with Crippen LogP contribution < -0.4 is 5.32 Å². The molecule has 3 rings (SSSR count). The van der Waals surface area contributed by atoms with Crippen molar-refractivity contribution < 1.29 is 0 Å². The van der Waals surface area contributed by atoms with Gasteiger partial charge >= 0.3 is 0 Å². The standard InChI is InChI=1S/C19H30N2/c1-2-19(17-11-7-4-8-12-17)21-14-13-20-18(15-21)16-9-5-3-6-10-16/h4,7-8,11-12,16,18-20H,2-3,5-6,9-10,13-15H2,1H3. The van der Waals surface area contributed by atoms with Crippen molar-refractivity contribution in [2.75, 3.05) is 19.6 Å². The highest BCUT2D eigenvalue weighted by molar-refractivity contribution is 5.19. The molecule has 0 bridgehead atoms. The first-order valence-corrected chi connectivity index (χ1v) is 8.91. The van der Waals surface area contributed by atoms with Gasteiger partial charge in [-0.2, -0.15) is 0 Å². The Morgan fingerprint density at radius 2 is 1.90 bits per heavy atom. The Hall–Kier alpha value is -0.860. The van der Waals surface area contributed by atoms with Crippen molar-refractivity contribution in [2.45, 2.75) is 57.5 Å². The number of piperazine rings is 1. The van der Waals surface area contributed by atoms with Gasteiger partial charge in [0.25, 0.3) is 0 Å². The lowest BCUT2D eigenvalue weighted by Gasteiger charge is -2.42. The number of hydrogen-bond acceptors (Lipinski definition) is 2. The maximum Gasteiger partial charge on any atom is 0.0346 e. The molecule has 0 spiro atoms. The van der Waals surface area contributed by atoms with Crippen LogP contribution >= 0.6 is 0 Å². The Bertz CT molecular complexity index is 411. The molecule has 1 heterocycles. The number of hydrogen-bond donors (Lipinski definition) is 1. The van der Waals surface area contributed by atoms with E-state index >= 15 is 0 Å². The predicted octanol–water partition coefficient (Wildman–Crippen LogP) is 3.99. The predicted molar refractivity (Wildman–Crippen MR) is 89.4 cm³/mol. The summed E-state index contributed by atoms with van der Waals surface area (Å²) in [5, 5.41) is 3.81. The second kappa shape index (κ2) is 7.42. The molecule has 2 fully saturated rings. The molecule has 1 aromatic carbocycles. The number of nitrogens with zero attached hydrogens (tertiary/aromatic N) is 1. The molecule has 21 heavy (non-hydrogen) atoms. The zero-order valence-corrected chi connectivity index (χ0v) is 13.4. The molecular weight excluding hydrogens is 256 g/mol. The fourth-order valence-corrected chi connectivity index (χ4v) is 4.32. The van der Waals surface area contributed by atoms with E-state index in [0.29, 0.717) is 6.04 Å². The van der Waals surface area contributed by atoms with E-state index in [0.717, 1.165) is 18.5 Å². The van der Waals surface area contributed by atoms with Gasteiger partial charge in [0.1, 0.15) is 0 Å². The van der Waals surface area contributed by atoms with Gasteiger partial charge in [-0.3, -0.25) is 4.90 Å². The van der Waals surface area contributed by atoms with E-state index in [1.807, 2.05) is 0 Å². The first-order valence-electron chi connectivity index (χ1n) is 8.91. The van der Waals surface area contributed by atoms with E-state index in [-0.39, 0.29) is 0 Å². The van der Waals surface area contributed by atoms with Gasteiger partial charge in [0.05, 0.1) is 0 Å². The lowest BCUT2D eigenvalue weighted by atomic mass is 9.82. The average molecular weight is 286 g/mol. The average Bonchev–Trinajstić information content (AvgIpc) is 2.58. The zero-order valence-electron chi connectivity index (χ0n) is 13.4. The fraction of sp³-hybridized carbons (Fsp3) is 0.684. The molecule has 2 aliphatic rings. The summed E-state index contributed by atoms with van der Waals surface area (Å²) in [5.74, 6) is 0.912. The van der Waals surface area contributed by atoms with Crippen molar-refractivity contribution in [3.63, 3.8) is 0 Å². The minimum Gasteiger partial charge on any atom is -0.311 e. The van der Waals surface area contributed by atoms with Gasteiger partial charge in [0.2, 0.25) is 0 Å². The van der Waals surface area contributed by atoms with E-state index in [4.69, 9.17) is 0 Å². The summed E-state index contributed by atoms with van der Waals surface area (Å²) in [7, 11) is 0. The Balaban J connectivity index is 1.66. The van der Waals surface area contributed by atoms with Crippen LogP contribution in [0, 0.1) is 5.92 Å². The van der Waals surface area contributed by atoms with Crippen LogP contribution in [0.25, 0.3) is 0 Å². The van der Waals surface area contributed by atoms with E-state index in [2.05, 4.69) is 47.5 Å². The molecule has 116 valence electrons. The molecule has 1 aliphatic carbocycles. The van der Waals surface area contributed by atoms with E-state index in [1.165, 1.54) is 57.2 Å². The van der Waals surface area contributed by atoms with Crippen molar-refractivity contribution in [3.8, 4) is 0 Å². The van der Waals surface area contributed by atoms with E-state index in [1.54, 1.807) is 0 Å². The van der Waals surface area contributed by atoms with Gasteiger partial charge in [0.15, 0.2) is 0 Å². The monoisotopic (exact) mass is 286 g/mol. The van der Waals surface area contributed by atoms with Crippen molar-refractivity contribution >= 4 is 0 Å². The molecule has 1 saturated carbocycles. The second-order valence-electron chi connectivity index (χ2n) is 6.79. The van der Waals surface area contributed by atoms with Gasteiger partial charge < -0.3 is 5.32 Å². The summed E-state index contributed by atoms with van der Waals surface area (Å²) in [6.07, 6.45) is 8.43. The Morgan fingerprint density at radius 3 is 2.62 bits per heavy atom. The molecule has 1 aromatic rings. The third kappa shape index (κ3) is 3.67. The van der Waals surface area contributed by atoms with Crippen molar-refractivity contribution in [2.24, 2.45) is 5.92 Å². The highest BCUT2D eigenvalue weighted by atomic mass is 15.2. The summed E-state index contributed by atoms with van der Waals surface area (Å²) in [6.45, 7) is 5.91. The Labute approximate surface area is 129 Å². The summed E-state index contributed by atoms with van der Waals surface area (Å²) in [6, 6.07) is 12.4. The largest absolute Gasteiger partial charge is 0.311 e. The quantitative estimate of drug-likeness (QED) is 0.900. The fourth-order valence-electron chi connectivity index (χ4n) is 4.32. The van der Waals surface area contributed by atoms with E-state index in [9.17, 15) is 0 Å². The molecule has 1 N–H and O–H groups in total. The third-order valence-corrected chi connectivity index (χ3v) is 5.47. The first kappa shape index (κ1) is 15.1. The molecule has 2 heteroatoms. The van der Waals surface area contributed by atoms with Crippen LogP contribution in [0.15, 0.2) is 30.3 Å². The Kier molecular flexibility index (Phi) is 5.32. The summed E-state index contributed by atoms with van der Waals surface area (Å²) >= 11 is 0. The normalized spacial score (nSPS) is 26.6. The summed E-state index contributed by atoms with van der Waals surface area (Å²) < 4.78 is 0. The SMILES string of the molecule is CCC(c1ccccc1)N1CCNC(C2CCCCC2)C1. The van der Waals surface area contributed by atoms with Crippen LogP contribution in [0.2, 0.25) is 0 Å². The molecule has 0 radical (unpaired) electrons. The molecule has 0 aromatic heterocycles. The maximum absolute atomic E-state index is 3.81. The van der Waals surface area contributed by atoms with Crippen LogP contribution in [0.5, 0.6) is 0 Å². The molecule has 2 atom stereocenters. The minimum atomic E-state index is 0.597. The first-order chi connectivity index (χ1) is 10.4. The molecule has 1 aliphatic heterocycles. The molecular formula is C19H30N2. The van der Waals surface area contributed by atoms with E-state index < -0.39 is 0 Å². The number of nitrogens with one attached hydrogen (secondary N) is 1. The highest BCUT2D eigenvalue weighted by Crippen LogP contribution is 2.31. The van der Waals surface area contributed by atoms with Crippen LogP contribution in [0.1, 0.15) is 57.1 Å². The summed E-state index contributed by atoms with van der Waals surface area (Å²) in [4.78, 5) is 2.73. The van der Waals surface area contributed by atoms with Gasteiger partial charge in [-0.1, -0.05) is 56.5 Å². The number of rotatable bonds is 4. The smallest absolute Gasteiger partial charge is 0.0346 e. The molecule has 2 nitrogen and oxygen atoms in total. The van der Waals surface area contributed by atoms with Gasteiger partial charge in [0, 0.05) is 31.7 Å². The number of benzene rings is 1.